The number of nitrogens with one attached hydrogen (secondary N) is 4. The third kappa shape index (κ3) is 8.77. The summed E-state index contributed by atoms with van der Waals surface area (Å²) in [6, 6.07) is 13.7. The number of unbranched alkanes of at least 4 members (excludes halogenated alkanes) is 1. The third-order valence-electron chi connectivity index (χ3n) is 4.64. The van der Waals surface area contributed by atoms with Gasteiger partial charge in [0.25, 0.3) is 11.8 Å². The minimum absolute atomic E-state index is 0.0511. The van der Waals surface area contributed by atoms with Crippen molar-refractivity contribution in [2.45, 2.75) is 26.2 Å². The fraction of sp³-hybridized carbons (Fsp3) is 0.375. The molecule has 0 bridgehead atoms. The van der Waals surface area contributed by atoms with Crippen molar-refractivity contribution >= 4 is 29.1 Å². The summed E-state index contributed by atoms with van der Waals surface area (Å²) in [5, 5.41) is 11.5. The first-order valence-electron chi connectivity index (χ1n) is 10.8. The van der Waals surface area contributed by atoms with E-state index in [0.29, 0.717) is 36.5 Å². The number of carbonyl (C=O) groups is 3. The highest BCUT2D eigenvalue weighted by Gasteiger charge is 2.08. The molecular formula is C24H32N4O4. The fourth-order valence-corrected chi connectivity index (χ4v) is 2.87. The molecule has 0 fully saturated rings. The second-order valence-electron chi connectivity index (χ2n) is 7.27. The van der Waals surface area contributed by atoms with Crippen molar-refractivity contribution in [3.63, 3.8) is 0 Å². The van der Waals surface area contributed by atoms with Crippen LogP contribution in [0.2, 0.25) is 0 Å². The molecule has 0 atom stereocenters. The van der Waals surface area contributed by atoms with E-state index >= 15 is 0 Å². The predicted molar refractivity (Wildman–Crippen MR) is 126 cm³/mol. The number of carbonyl (C=O) groups excluding carboxylic acids is 3. The minimum Gasteiger partial charge on any atom is -0.385 e. The Kier molecular flexibility index (Phi) is 10.7. The number of benzene rings is 2. The number of rotatable bonds is 13. The summed E-state index contributed by atoms with van der Waals surface area (Å²) in [7, 11) is 1.62. The zero-order valence-electron chi connectivity index (χ0n) is 18.7. The Bertz CT molecular complexity index is 884. The summed E-state index contributed by atoms with van der Waals surface area (Å²) < 4.78 is 4.96. The van der Waals surface area contributed by atoms with Gasteiger partial charge in [-0.05, 0) is 55.3 Å². The highest BCUT2D eigenvalue weighted by atomic mass is 16.5. The number of hydrogen-bond acceptors (Lipinski definition) is 5. The van der Waals surface area contributed by atoms with Crippen LogP contribution >= 0.6 is 0 Å². The topological polar surface area (TPSA) is 109 Å². The average molecular weight is 441 g/mol. The smallest absolute Gasteiger partial charge is 0.251 e. The van der Waals surface area contributed by atoms with Crippen molar-refractivity contribution in [2.75, 3.05) is 44.0 Å². The molecule has 0 heterocycles. The number of methoxy groups -OCH3 is 1. The molecule has 0 spiro atoms. The van der Waals surface area contributed by atoms with Crippen LogP contribution in [0.15, 0.2) is 48.5 Å². The monoisotopic (exact) mass is 440 g/mol. The Morgan fingerprint density at radius 3 is 2.22 bits per heavy atom. The summed E-state index contributed by atoms with van der Waals surface area (Å²) in [4.78, 5) is 36.5. The van der Waals surface area contributed by atoms with Crippen LogP contribution < -0.4 is 21.3 Å². The van der Waals surface area contributed by atoms with E-state index in [1.165, 1.54) is 0 Å². The van der Waals surface area contributed by atoms with Gasteiger partial charge in [-0.1, -0.05) is 19.4 Å². The maximum Gasteiger partial charge on any atom is 0.251 e. The van der Waals surface area contributed by atoms with Crippen LogP contribution in [0.1, 0.15) is 46.9 Å². The molecule has 172 valence electrons. The van der Waals surface area contributed by atoms with Gasteiger partial charge in [-0.25, -0.2) is 0 Å². The van der Waals surface area contributed by atoms with Crippen LogP contribution in [0.4, 0.5) is 11.4 Å². The maximum absolute atomic E-state index is 12.3. The quantitative estimate of drug-likeness (QED) is 0.358. The Balaban J connectivity index is 1.80. The van der Waals surface area contributed by atoms with Gasteiger partial charge in [0.05, 0.1) is 6.54 Å². The first-order valence-corrected chi connectivity index (χ1v) is 10.8. The molecule has 8 heteroatoms. The number of amides is 3. The van der Waals surface area contributed by atoms with Crippen LogP contribution in [0.25, 0.3) is 0 Å². The molecule has 0 aliphatic carbocycles. The van der Waals surface area contributed by atoms with Gasteiger partial charge >= 0.3 is 0 Å². The molecule has 0 unspecified atom stereocenters. The van der Waals surface area contributed by atoms with Gasteiger partial charge in [0, 0.05) is 49.3 Å². The second kappa shape index (κ2) is 13.8. The third-order valence-corrected chi connectivity index (χ3v) is 4.64. The lowest BCUT2D eigenvalue weighted by molar-refractivity contribution is -0.114. The van der Waals surface area contributed by atoms with E-state index in [0.717, 1.165) is 24.9 Å². The average Bonchev–Trinajstić information content (AvgIpc) is 2.81. The van der Waals surface area contributed by atoms with E-state index in [4.69, 9.17) is 4.74 Å². The molecule has 8 nitrogen and oxygen atoms in total. The normalized spacial score (nSPS) is 10.3. The van der Waals surface area contributed by atoms with Crippen molar-refractivity contribution in [3.05, 3.63) is 59.7 Å². The highest BCUT2D eigenvalue weighted by Crippen LogP contribution is 2.12. The Morgan fingerprint density at radius 2 is 1.53 bits per heavy atom. The van der Waals surface area contributed by atoms with Gasteiger partial charge in [0.15, 0.2) is 0 Å². The lowest BCUT2D eigenvalue weighted by atomic mass is 10.2. The SMILES string of the molecule is CCCCNC(=O)c1ccc(NCC(=O)Nc2cccc(C(=O)NCCCOC)c2)cc1. The van der Waals surface area contributed by atoms with E-state index in [1.54, 1.807) is 55.6 Å². The van der Waals surface area contributed by atoms with Gasteiger partial charge in [-0.2, -0.15) is 0 Å². The summed E-state index contributed by atoms with van der Waals surface area (Å²) in [5.74, 6) is -0.552. The van der Waals surface area contributed by atoms with Gasteiger partial charge in [0.1, 0.15) is 0 Å². The van der Waals surface area contributed by atoms with Gasteiger partial charge in [-0.3, -0.25) is 14.4 Å². The molecule has 0 saturated heterocycles. The molecule has 0 aliphatic heterocycles. The molecule has 4 N–H and O–H groups in total. The second-order valence-corrected chi connectivity index (χ2v) is 7.27. The maximum atomic E-state index is 12.3. The van der Waals surface area contributed by atoms with E-state index in [9.17, 15) is 14.4 Å². The van der Waals surface area contributed by atoms with Crippen molar-refractivity contribution in [2.24, 2.45) is 0 Å². The largest absolute Gasteiger partial charge is 0.385 e. The molecule has 3 amide bonds. The molecule has 0 saturated carbocycles. The fourth-order valence-electron chi connectivity index (χ4n) is 2.87. The molecule has 2 rings (SSSR count). The first kappa shape index (κ1) is 24.9. The van der Waals surface area contributed by atoms with Crippen LogP contribution in [0.3, 0.4) is 0 Å². The molecule has 2 aromatic carbocycles. The van der Waals surface area contributed by atoms with E-state index < -0.39 is 0 Å². The molecule has 2 aromatic rings. The Morgan fingerprint density at radius 1 is 0.844 bits per heavy atom. The molecule has 0 radical (unpaired) electrons. The van der Waals surface area contributed by atoms with Gasteiger partial charge in [0.2, 0.25) is 5.91 Å². The van der Waals surface area contributed by atoms with Crippen molar-refractivity contribution < 1.29 is 19.1 Å². The summed E-state index contributed by atoms with van der Waals surface area (Å²) >= 11 is 0. The Labute approximate surface area is 189 Å². The van der Waals surface area contributed by atoms with Crippen molar-refractivity contribution in [3.8, 4) is 0 Å². The zero-order chi connectivity index (χ0) is 23.2. The number of anilines is 2. The molecule has 0 aromatic heterocycles. The van der Waals surface area contributed by atoms with Gasteiger partial charge < -0.3 is 26.0 Å². The van der Waals surface area contributed by atoms with Gasteiger partial charge in [-0.15, -0.1) is 0 Å². The number of ether oxygens (including phenoxy) is 1. The van der Waals surface area contributed by atoms with Crippen molar-refractivity contribution in [1.82, 2.24) is 10.6 Å². The van der Waals surface area contributed by atoms with Crippen LogP contribution in [-0.4, -0.2) is 51.1 Å². The van der Waals surface area contributed by atoms with E-state index in [1.807, 2.05) is 0 Å². The lowest BCUT2D eigenvalue weighted by Crippen LogP contribution is -2.26. The summed E-state index contributed by atoms with van der Waals surface area (Å²) in [5.41, 5.74) is 2.32. The van der Waals surface area contributed by atoms with Crippen LogP contribution in [-0.2, 0) is 9.53 Å². The number of hydrogen-bond donors (Lipinski definition) is 4. The minimum atomic E-state index is -0.246. The molecule has 32 heavy (non-hydrogen) atoms. The van der Waals surface area contributed by atoms with E-state index in [2.05, 4.69) is 28.2 Å². The highest BCUT2D eigenvalue weighted by molar-refractivity contribution is 5.98. The standard InChI is InChI=1S/C24H32N4O4/c1-3-4-13-25-23(30)18-9-11-20(12-10-18)27-17-22(29)28-21-8-5-7-19(16-21)24(31)26-14-6-15-32-2/h5,7-12,16,27H,3-4,6,13-15,17H2,1-2H3,(H,25,30)(H,26,31)(H,28,29). The van der Waals surface area contributed by atoms with Crippen LogP contribution in [0.5, 0.6) is 0 Å². The first-order chi connectivity index (χ1) is 15.5. The summed E-state index contributed by atoms with van der Waals surface area (Å²) in [6.45, 7) is 3.88. The summed E-state index contributed by atoms with van der Waals surface area (Å²) in [6.07, 6.45) is 2.70. The lowest BCUT2D eigenvalue weighted by Gasteiger charge is -2.10. The molecule has 0 aliphatic rings. The zero-order valence-corrected chi connectivity index (χ0v) is 18.7. The van der Waals surface area contributed by atoms with Crippen LogP contribution in [0, 0.1) is 0 Å². The Hall–Kier alpha value is -3.39. The van der Waals surface area contributed by atoms with Crippen molar-refractivity contribution in [1.29, 1.82) is 0 Å². The predicted octanol–water partition coefficient (Wildman–Crippen LogP) is 3.03. The van der Waals surface area contributed by atoms with E-state index in [-0.39, 0.29) is 24.3 Å². The molecular weight excluding hydrogens is 408 g/mol.